The first-order valence-corrected chi connectivity index (χ1v) is 7.03. The number of amides is 1. The first-order valence-electron chi connectivity index (χ1n) is 6.62. The molecule has 8 nitrogen and oxygen atoms in total. The van der Waals surface area contributed by atoms with Gasteiger partial charge in [0.1, 0.15) is 0 Å². The Morgan fingerprint density at radius 1 is 1.45 bits per heavy atom. The molecule has 0 aliphatic carbocycles. The van der Waals surface area contributed by atoms with Gasteiger partial charge < -0.3 is 20.7 Å². The Bertz CT molecular complexity index is 629. The van der Waals surface area contributed by atoms with Crippen molar-refractivity contribution in [3.8, 4) is 0 Å². The molecule has 0 atom stereocenters. The highest BCUT2D eigenvalue weighted by molar-refractivity contribution is 7.80. The van der Waals surface area contributed by atoms with Crippen molar-refractivity contribution in [2.75, 3.05) is 31.6 Å². The molecule has 1 saturated heterocycles. The molecule has 1 heterocycles. The molecule has 0 saturated carbocycles. The van der Waals surface area contributed by atoms with Crippen LogP contribution < -0.4 is 11.1 Å². The van der Waals surface area contributed by atoms with Gasteiger partial charge in [0, 0.05) is 24.7 Å². The lowest BCUT2D eigenvalue weighted by molar-refractivity contribution is -0.385. The average molecular weight is 324 g/mol. The van der Waals surface area contributed by atoms with Crippen LogP contribution in [0.15, 0.2) is 12.1 Å². The van der Waals surface area contributed by atoms with Crippen LogP contribution in [0.4, 0.5) is 11.4 Å². The van der Waals surface area contributed by atoms with Gasteiger partial charge in [-0.05, 0) is 25.2 Å². The monoisotopic (exact) mass is 324 g/mol. The number of carbonyl (C=O) groups is 1. The Balaban J connectivity index is 2.41. The molecule has 1 aliphatic heterocycles. The predicted octanol–water partition coefficient (Wildman–Crippen LogP) is 1.03. The number of nitrogens with one attached hydrogen (secondary N) is 1. The molecule has 1 aromatic rings. The summed E-state index contributed by atoms with van der Waals surface area (Å²) in [4.78, 5) is 24.7. The minimum absolute atomic E-state index is 0.0200. The molecule has 0 unspecified atom stereocenters. The van der Waals surface area contributed by atoms with E-state index in [2.05, 4.69) is 5.32 Å². The number of morpholine rings is 1. The zero-order valence-corrected chi connectivity index (χ0v) is 12.8. The summed E-state index contributed by atoms with van der Waals surface area (Å²) in [6.07, 6.45) is 0. The van der Waals surface area contributed by atoms with Gasteiger partial charge in [-0.25, -0.2) is 0 Å². The van der Waals surface area contributed by atoms with Gasteiger partial charge in [0.15, 0.2) is 5.11 Å². The number of hydrogen-bond acceptors (Lipinski definition) is 5. The zero-order valence-electron chi connectivity index (χ0n) is 12.0. The van der Waals surface area contributed by atoms with Crippen molar-refractivity contribution < 1.29 is 14.5 Å². The first-order chi connectivity index (χ1) is 10.4. The van der Waals surface area contributed by atoms with E-state index in [0.717, 1.165) is 0 Å². The molecule has 0 aromatic heterocycles. The smallest absolute Gasteiger partial charge is 0.275 e. The van der Waals surface area contributed by atoms with E-state index in [1.165, 1.54) is 12.1 Å². The van der Waals surface area contributed by atoms with E-state index in [1.54, 1.807) is 11.8 Å². The maximum Gasteiger partial charge on any atom is 0.275 e. The standard InChI is InChI=1S/C13H16N4O4S/c1-8-10(15-13(14)22)6-9(7-11(8)17(19)20)12(18)16-2-4-21-5-3-16/h6-7H,2-5H2,1H3,(H3,14,15,22). The van der Waals surface area contributed by atoms with Gasteiger partial charge in [-0.1, -0.05) is 0 Å². The molecule has 3 N–H and O–H groups in total. The van der Waals surface area contributed by atoms with Crippen LogP contribution in [-0.4, -0.2) is 47.1 Å². The van der Waals surface area contributed by atoms with E-state index in [-0.39, 0.29) is 22.3 Å². The molecule has 1 fully saturated rings. The second-order valence-corrected chi connectivity index (χ2v) is 5.26. The molecule has 1 aliphatic rings. The zero-order chi connectivity index (χ0) is 16.3. The Hall–Kier alpha value is -2.26. The van der Waals surface area contributed by atoms with Crippen molar-refractivity contribution in [1.29, 1.82) is 0 Å². The van der Waals surface area contributed by atoms with Gasteiger partial charge in [-0.2, -0.15) is 0 Å². The number of thiocarbonyl (C=S) groups is 1. The largest absolute Gasteiger partial charge is 0.378 e. The lowest BCUT2D eigenvalue weighted by atomic mass is 10.1. The highest BCUT2D eigenvalue weighted by atomic mass is 32.1. The van der Waals surface area contributed by atoms with E-state index in [0.29, 0.717) is 37.6 Å². The number of nitro groups is 1. The summed E-state index contributed by atoms with van der Waals surface area (Å²) in [5, 5.41) is 13.8. The normalized spacial score (nSPS) is 14.5. The molecule has 1 aromatic carbocycles. The Morgan fingerprint density at radius 3 is 2.64 bits per heavy atom. The Labute approximate surface area is 132 Å². The number of nitro benzene ring substituents is 1. The molecule has 0 spiro atoms. The predicted molar refractivity (Wildman–Crippen MR) is 85.0 cm³/mol. The molecular weight excluding hydrogens is 308 g/mol. The van der Waals surface area contributed by atoms with Gasteiger partial charge >= 0.3 is 0 Å². The first kappa shape index (κ1) is 16.1. The Kier molecular flexibility index (Phi) is 4.88. The van der Waals surface area contributed by atoms with Crippen LogP contribution in [0.3, 0.4) is 0 Å². The quantitative estimate of drug-likeness (QED) is 0.485. The van der Waals surface area contributed by atoms with E-state index < -0.39 is 4.92 Å². The summed E-state index contributed by atoms with van der Waals surface area (Å²) < 4.78 is 5.20. The van der Waals surface area contributed by atoms with Crippen LogP contribution in [0.25, 0.3) is 0 Å². The van der Waals surface area contributed by atoms with Gasteiger partial charge in [0.25, 0.3) is 11.6 Å². The summed E-state index contributed by atoms with van der Waals surface area (Å²) in [5.74, 6) is -0.280. The van der Waals surface area contributed by atoms with E-state index >= 15 is 0 Å². The molecule has 118 valence electrons. The lowest BCUT2D eigenvalue weighted by Gasteiger charge is -2.27. The third-order valence-electron chi connectivity index (χ3n) is 3.38. The third-order valence-corrected chi connectivity index (χ3v) is 3.48. The number of ether oxygens (including phenoxy) is 1. The fourth-order valence-electron chi connectivity index (χ4n) is 2.22. The van der Waals surface area contributed by atoms with Crippen LogP contribution in [0, 0.1) is 17.0 Å². The maximum absolute atomic E-state index is 12.5. The van der Waals surface area contributed by atoms with Gasteiger partial charge in [-0.15, -0.1) is 0 Å². The van der Waals surface area contributed by atoms with Crippen molar-refractivity contribution in [2.24, 2.45) is 5.73 Å². The highest BCUT2D eigenvalue weighted by Crippen LogP contribution is 2.28. The number of anilines is 1. The van der Waals surface area contributed by atoms with E-state index in [9.17, 15) is 14.9 Å². The van der Waals surface area contributed by atoms with Crippen LogP contribution >= 0.6 is 12.2 Å². The van der Waals surface area contributed by atoms with Crippen LogP contribution in [0.1, 0.15) is 15.9 Å². The molecule has 0 bridgehead atoms. The lowest BCUT2D eigenvalue weighted by Crippen LogP contribution is -2.40. The van der Waals surface area contributed by atoms with E-state index in [4.69, 9.17) is 22.7 Å². The SMILES string of the molecule is Cc1c(NC(N)=S)cc(C(=O)N2CCOCC2)cc1[N+](=O)[O-]. The second-order valence-electron chi connectivity index (χ2n) is 4.82. The number of hydrogen-bond donors (Lipinski definition) is 2. The summed E-state index contributed by atoms with van der Waals surface area (Å²) in [6, 6.07) is 2.80. The topological polar surface area (TPSA) is 111 Å². The average Bonchev–Trinajstić information content (AvgIpc) is 2.48. The van der Waals surface area contributed by atoms with Crippen LogP contribution in [0.2, 0.25) is 0 Å². The fourth-order valence-corrected chi connectivity index (χ4v) is 2.33. The van der Waals surface area contributed by atoms with E-state index in [1.807, 2.05) is 0 Å². The van der Waals surface area contributed by atoms with Gasteiger partial charge in [0.05, 0.1) is 29.4 Å². The summed E-state index contributed by atoms with van der Waals surface area (Å²) in [5.41, 5.74) is 6.22. The minimum Gasteiger partial charge on any atom is -0.378 e. The minimum atomic E-state index is -0.532. The maximum atomic E-state index is 12.5. The summed E-state index contributed by atoms with van der Waals surface area (Å²) >= 11 is 4.77. The molecule has 2 rings (SSSR count). The number of nitrogens with two attached hydrogens (primary N) is 1. The van der Waals surface area contributed by atoms with Gasteiger partial charge in [0.2, 0.25) is 0 Å². The molecule has 9 heteroatoms. The van der Waals surface area contributed by atoms with Crippen LogP contribution in [0.5, 0.6) is 0 Å². The molecular formula is C13H16N4O4S. The Morgan fingerprint density at radius 2 is 2.09 bits per heavy atom. The summed E-state index contributed by atoms with van der Waals surface area (Å²) in [7, 11) is 0. The van der Waals surface area contributed by atoms with Gasteiger partial charge in [-0.3, -0.25) is 14.9 Å². The van der Waals surface area contributed by atoms with Crippen LogP contribution in [-0.2, 0) is 4.74 Å². The van der Waals surface area contributed by atoms with Crippen molar-refractivity contribution in [3.05, 3.63) is 33.4 Å². The third kappa shape index (κ3) is 3.49. The summed E-state index contributed by atoms with van der Waals surface area (Å²) in [6.45, 7) is 3.40. The number of rotatable bonds is 3. The number of nitrogens with zero attached hydrogens (tertiary/aromatic N) is 2. The fraction of sp³-hybridized carbons (Fsp3) is 0.385. The second kappa shape index (κ2) is 6.67. The number of benzene rings is 1. The highest BCUT2D eigenvalue weighted by Gasteiger charge is 2.24. The molecule has 0 radical (unpaired) electrons. The molecule has 1 amide bonds. The van der Waals surface area contributed by atoms with Crippen molar-refractivity contribution in [3.63, 3.8) is 0 Å². The van der Waals surface area contributed by atoms with Crippen molar-refractivity contribution in [1.82, 2.24) is 4.90 Å². The number of carbonyl (C=O) groups excluding carboxylic acids is 1. The van der Waals surface area contributed by atoms with Crippen molar-refractivity contribution in [2.45, 2.75) is 6.92 Å². The van der Waals surface area contributed by atoms with Crippen molar-refractivity contribution >= 4 is 34.6 Å². The molecule has 22 heavy (non-hydrogen) atoms.